The summed E-state index contributed by atoms with van der Waals surface area (Å²) >= 11 is 9.28. The molecule has 8 heteroatoms. The molecule has 1 unspecified atom stereocenters. The SMILES string of the molecule is CC(NC(=O)CCSCc1nc2sc3c(c2c(=O)[nH]1)CCCC3)c1cccc(Cl)c1. The molecule has 3 aromatic rings. The summed E-state index contributed by atoms with van der Waals surface area (Å²) in [6.45, 7) is 1.95. The summed E-state index contributed by atoms with van der Waals surface area (Å²) in [4.78, 5) is 34.6. The highest BCUT2D eigenvalue weighted by Crippen LogP contribution is 2.33. The molecule has 0 bridgehead atoms. The highest BCUT2D eigenvalue weighted by Gasteiger charge is 2.19. The average molecular weight is 462 g/mol. The average Bonchev–Trinajstić information content (AvgIpc) is 3.10. The van der Waals surface area contributed by atoms with Crippen LogP contribution >= 0.6 is 34.7 Å². The molecule has 1 atom stereocenters. The molecule has 0 spiro atoms. The Balaban J connectivity index is 1.29. The van der Waals surface area contributed by atoms with Gasteiger partial charge in [0.15, 0.2) is 0 Å². The molecular weight excluding hydrogens is 438 g/mol. The van der Waals surface area contributed by atoms with Gasteiger partial charge in [-0.05, 0) is 55.9 Å². The van der Waals surface area contributed by atoms with Gasteiger partial charge in [-0.2, -0.15) is 11.8 Å². The number of nitrogens with zero attached hydrogens (tertiary/aromatic N) is 1. The fourth-order valence-corrected chi connectivity index (χ4v) is 6.07. The molecule has 1 aliphatic carbocycles. The van der Waals surface area contributed by atoms with E-state index in [0.29, 0.717) is 28.8 Å². The lowest BCUT2D eigenvalue weighted by Crippen LogP contribution is -2.26. The van der Waals surface area contributed by atoms with Gasteiger partial charge in [-0.1, -0.05) is 23.7 Å². The topological polar surface area (TPSA) is 74.8 Å². The maximum absolute atomic E-state index is 12.6. The number of hydrogen-bond donors (Lipinski definition) is 2. The van der Waals surface area contributed by atoms with E-state index >= 15 is 0 Å². The van der Waals surface area contributed by atoms with Crippen LogP contribution in [0.3, 0.4) is 0 Å². The molecule has 2 N–H and O–H groups in total. The Bertz CT molecular complexity index is 1130. The van der Waals surface area contributed by atoms with Crippen LogP contribution in [0.2, 0.25) is 5.02 Å². The van der Waals surface area contributed by atoms with Crippen LogP contribution in [-0.2, 0) is 23.4 Å². The molecule has 0 saturated carbocycles. The van der Waals surface area contributed by atoms with E-state index < -0.39 is 0 Å². The van der Waals surface area contributed by atoms with Crippen molar-refractivity contribution in [2.75, 3.05) is 5.75 Å². The van der Waals surface area contributed by atoms with E-state index in [1.54, 1.807) is 23.1 Å². The number of thiophene rings is 1. The first-order valence-electron chi connectivity index (χ1n) is 10.2. The number of halogens is 1. The molecular formula is C22H24ClN3O2S2. The van der Waals surface area contributed by atoms with E-state index in [-0.39, 0.29) is 17.5 Å². The zero-order valence-corrected chi connectivity index (χ0v) is 19.2. The van der Waals surface area contributed by atoms with E-state index in [0.717, 1.165) is 35.0 Å². The summed E-state index contributed by atoms with van der Waals surface area (Å²) in [7, 11) is 0. The first-order valence-corrected chi connectivity index (χ1v) is 12.5. The molecule has 1 aromatic carbocycles. The molecule has 158 valence electrons. The standard InChI is InChI=1S/C22H24ClN3O2S2/c1-13(14-5-4-6-15(23)11-14)24-19(27)9-10-29-12-18-25-21(28)20-16-7-2-3-8-17(16)30-22(20)26-18/h4-6,11,13H,2-3,7-10,12H2,1H3,(H,24,27)(H,25,26,28). The first kappa shape index (κ1) is 21.4. The highest BCUT2D eigenvalue weighted by atomic mass is 35.5. The molecule has 1 aliphatic rings. The molecule has 5 nitrogen and oxygen atoms in total. The van der Waals surface area contributed by atoms with Gasteiger partial charge in [0.2, 0.25) is 5.91 Å². The smallest absolute Gasteiger partial charge is 0.259 e. The number of benzene rings is 1. The third-order valence-corrected chi connectivity index (χ3v) is 7.70. The van der Waals surface area contributed by atoms with Crippen molar-refractivity contribution < 1.29 is 4.79 Å². The summed E-state index contributed by atoms with van der Waals surface area (Å²) in [6.07, 6.45) is 4.79. The van der Waals surface area contributed by atoms with Crippen LogP contribution in [0.5, 0.6) is 0 Å². The van der Waals surface area contributed by atoms with Crippen LogP contribution in [0.1, 0.15) is 54.1 Å². The molecule has 0 saturated heterocycles. The second-order valence-corrected chi connectivity index (χ2v) is 10.2. The van der Waals surface area contributed by atoms with Crippen LogP contribution in [0.25, 0.3) is 10.2 Å². The number of thioether (sulfide) groups is 1. The minimum Gasteiger partial charge on any atom is -0.350 e. The highest BCUT2D eigenvalue weighted by molar-refractivity contribution is 7.98. The molecule has 4 rings (SSSR count). The quantitative estimate of drug-likeness (QED) is 0.484. The van der Waals surface area contributed by atoms with Gasteiger partial charge < -0.3 is 10.3 Å². The molecule has 0 fully saturated rings. The molecule has 1 amide bonds. The number of fused-ring (bicyclic) bond motifs is 3. The number of H-pyrrole nitrogens is 1. The Morgan fingerprint density at radius 1 is 1.37 bits per heavy atom. The predicted octanol–water partition coefficient (Wildman–Crippen LogP) is 5.02. The van der Waals surface area contributed by atoms with Gasteiger partial charge in [0, 0.05) is 22.1 Å². The number of rotatable bonds is 7. The van der Waals surface area contributed by atoms with Crippen LogP contribution in [0.15, 0.2) is 29.1 Å². The molecule has 30 heavy (non-hydrogen) atoms. The minimum absolute atomic E-state index is 0.00203. The van der Waals surface area contributed by atoms with Crippen molar-refractivity contribution >= 4 is 50.8 Å². The van der Waals surface area contributed by atoms with Gasteiger partial charge >= 0.3 is 0 Å². The number of amides is 1. The molecule has 2 aromatic heterocycles. The Morgan fingerprint density at radius 2 is 2.20 bits per heavy atom. The van der Waals surface area contributed by atoms with Crippen molar-refractivity contribution in [2.24, 2.45) is 0 Å². The second kappa shape index (κ2) is 9.54. The van der Waals surface area contributed by atoms with E-state index in [1.807, 2.05) is 31.2 Å². The molecule has 2 heterocycles. The summed E-state index contributed by atoms with van der Waals surface area (Å²) in [5, 5.41) is 4.45. The Kier molecular flexibility index (Phi) is 6.80. The van der Waals surface area contributed by atoms with Crippen LogP contribution in [0, 0.1) is 0 Å². The van der Waals surface area contributed by atoms with Gasteiger partial charge in [-0.25, -0.2) is 4.98 Å². The second-order valence-electron chi connectivity index (χ2n) is 7.55. The number of carbonyl (C=O) groups excluding carboxylic acids is 1. The number of hydrogen-bond acceptors (Lipinski definition) is 5. The maximum Gasteiger partial charge on any atom is 0.259 e. The van der Waals surface area contributed by atoms with Gasteiger partial charge in [0.05, 0.1) is 17.2 Å². The summed E-state index contributed by atoms with van der Waals surface area (Å²) in [5.41, 5.74) is 2.17. The van der Waals surface area contributed by atoms with Crippen LogP contribution in [-0.4, -0.2) is 21.6 Å². The largest absolute Gasteiger partial charge is 0.350 e. The minimum atomic E-state index is -0.0912. The summed E-state index contributed by atoms with van der Waals surface area (Å²) < 4.78 is 0. The first-order chi connectivity index (χ1) is 14.5. The number of aryl methyl sites for hydroxylation is 2. The van der Waals surface area contributed by atoms with Crippen molar-refractivity contribution in [3.63, 3.8) is 0 Å². The molecule has 0 radical (unpaired) electrons. The molecule has 0 aliphatic heterocycles. The van der Waals surface area contributed by atoms with Crippen molar-refractivity contribution in [3.8, 4) is 0 Å². The fraction of sp³-hybridized carbons (Fsp3) is 0.409. The predicted molar refractivity (Wildman–Crippen MR) is 126 cm³/mol. The third kappa shape index (κ3) is 4.90. The van der Waals surface area contributed by atoms with Crippen LogP contribution in [0.4, 0.5) is 0 Å². The number of carbonyl (C=O) groups is 1. The number of aromatic amines is 1. The lowest BCUT2D eigenvalue weighted by atomic mass is 9.97. The number of aromatic nitrogens is 2. The van der Waals surface area contributed by atoms with E-state index in [4.69, 9.17) is 11.6 Å². The van der Waals surface area contributed by atoms with Gasteiger partial charge in [0.1, 0.15) is 10.7 Å². The fourth-order valence-electron chi connectivity index (χ4n) is 3.78. The van der Waals surface area contributed by atoms with E-state index in [9.17, 15) is 9.59 Å². The zero-order chi connectivity index (χ0) is 21.1. The Labute approximate surface area is 188 Å². The Hall–Kier alpha value is -1.83. The lowest BCUT2D eigenvalue weighted by molar-refractivity contribution is -0.121. The van der Waals surface area contributed by atoms with Gasteiger partial charge in [-0.15, -0.1) is 11.3 Å². The van der Waals surface area contributed by atoms with Crippen LogP contribution < -0.4 is 10.9 Å². The maximum atomic E-state index is 12.6. The van der Waals surface area contributed by atoms with E-state index in [1.165, 1.54) is 16.9 Å². The third-order valence-electron chi connectivity index (χ3n) is 5.31. The van der Waals surface area contributed by atoms with Crippen molar-refractivity contribution in [1.29, 1.82) is 0 Å². The lowest BCUT2D eigenvalue weighted by Gasteiger charge is -2.14. The van der Waals surface area contributed by atoms with E-state index in [2.05, 4.69) is 15.3 Å². The van der Waals surface area contributed by atoms with Gasteiger partial charge in [0.25, 0.3) is 5.56 Å². The monoisotopic (exact) mass is 461 g/mol. The van der Waals surface area contributed by atoms with Crippen molar-refractivity contribution in [2.45, 2.75) is 50.8 Å². The van der Waals surface area contributed by atoms with Crippen molar-refractivity contribution in [1.82, 2.24) is 15.3 Å². The number of nitrogens with one attached hydrogen (secondary N) is 2. The summed E-state index contributed by atoms with van der Waals surface area (Å²) in [5.74, 6) is 1.93. The normalized spacial score (nSPS) is 14.5. The van der Waals surface area contributed by atoms with Gasteiger partial charge in [-0.3, -0.25) is 9.59 Å². The van der Waals surface area contributed by atoms with Crippen molar-refractivity contribution in [3.05, 3.63) is 61.5 Å². The summed E-state index contributed by atoms with van der Waals surface area (Å²) in [6, 6.07) is 7.42. The Morgan fingerprint density at radius 3 is 3.03 bits per heavy atom. The zero-order valence-electron chi connectivity index (χ0n) is 16.8.